The zero-order chi connectivity index (χ0) is 9.73. The van der Waals surface area contributed by atoms with Gasteiger partial charge in [-0.3, -0.25) is 4.79 Å². The first-order valence-electron chi connectivity index (χ1n) is 4.61. The Hall–Kier alpha value is -1.01. The lowest BCUT2D eigenvalue weighted by Gasteiger charge is -2.34. The Morgan fingerprint density at radius 3 is 2.77 bits per heavy atom. The van der Waals surface area contributed by atoms with Crippen molar-refractivity contribution >= 4 is 5.91 Å². The predicted molar refractivity (Wildman–Crippen MR) is 52.1 cm³/mol. The molecule has 0 atom stereocenters. The number of carbonyl (C=O) groups excluding carboxylic acids is 1. The third kappa shape index (κ3) is 3.08. The van der Waals surface area contributed by atoms with Gasteiger partial charge in [-0.05, 0) is 32.9 Å². The smallest absolute Gasteiger partial charge is 0.232 e. The van der Waals surface area contributed by atoms with Crippen molar-refractivity contribution in [3.8, 4) is 12.3 Å². The Kier molecular flexibility index (Phi) is 3.32. The number of rotatable bonds is 2. The molecule has 0 aromatic carbocycles. The summed E-state index contributed by atoms with van der Waals surface area (Å²) in [5.74, 6) is 2.31. The lowest BCUT2D eigenvalue weighted by molar-refractivity contribution is -0.122. The molecule has 13 heavy (non-hydrogen) atoms. The second kappa shape index (κ2) is 4.29. The van der Waals surface area contributed by atoms with E-state index < -0.39 is 0 Å². The first-order chi connectivity index (χ1) is 6.16. The molecule has 0 aliphatic carbocycles. The van der Waals surface area contributed by atoms with Crippen molar-refractivity contribution in [3.05, 3.63) is 0 Å². The van der Waals surface area contributed by atoms with E-state index in [1.165, 1.54) is 0 Å². The molecule has 72 valence electrons. The van der Waals surface area contributed by atoms with Gasteiger partial charge < -0.3 is 10.6 Å². The Morgan fingerprint density at radius 2 is 2.23 bits per heavy atom. The van der Waals surface area contributed by atoms with Crippen LogP contribution < -0.4 is 10.6 Å². The Labute approximate surface area is 79.3 Å². The van der Waals surface area contributed by atoms with E-state index in [2.05, 4.69) is 23.5 Å². The van der Waals surface area contributed by atoms with E-state index in [1.54, 1.807) is 0 Å². The lowest BCUT2D eigenvalue weighted by atomic mass is 9.90. The quantitative estimate of drug-likeness (QED) is 0.599. The topological polar surface area (TPSA) is 41.1 Å². The summed E-state index contributed by atoms with van der Waals surface area (Å²) < 4.78 is 0. The Morgan fingerprint density at radius 1 is 1.62 bits per heavy atom. The third-order valence-corrected chi connectivity index (χ3v) is 2.41. The molecule has 1 heterocycles. The molecule has 1 amide bonds. The lowest BCUT2D eigenvalue weighted by Crippen LogP contribution is -2.52. The van der Waals surface area contributed by atoms with E-state index >= 15 is 0 Å². The SMILES string of the molecule is C#CCC(=O)NC1(C)CCNCC1. The predicted octanol–water partition coefficient (Wildman–Crippen LogP) is 0.268. The van der Waals surface area contributed by atoms with Crippen LogP contribution in [0.25, 0.3) is 0 Å². The zero-order valence-corrected chi connectivity index (χ0v) is 8.02. The van der Waals surface area contributed by atoms with Crippen molar-refractivity contribution in [2.45, 2.75) is 31.7 Å². The molecule has 0 radical (unpaired) electrons. The molecule has 2 N–H and O–H groups in total. The third-order valence-electron chi connectivity index (χ3n) is 2.41. The van der Waals surface area contributed by atoms with Gasteiger partial charge in [0, 0.05) is 5.54 Å². The maximum atomic E-state index is 11.2. The highest BCUT2D eigenvalue weighted by Gasteiger charge is 2.27. The number of terminal acetylenes is 1. The fourth-order valence-corrected chi connectivity index (χ4v) is 1.58. The van der Waals surface area contributed by atoms with Crippen LogP contribution in [-0.4, -0.2) is 24.5 Å². The molecule has 3 nitrogen and oxygen atoms in total. The second-order valence-electron chi connectivity index (χ2n) is 3.74. The van der Waals surface area contributed by atoms with E-state index in [9.17, 15) is 4.79 Å². The summed E-state index contributed by atoms with van der Waals surface area (Å²) in [6, 6.07) is 0. The van der Waals surface area contributed by atoms with E-state index in [-0.39, 0.29) is 17.9 Å². The van der Waals surface area contributed by atoms with E-state index in [0.29, 0.717) is 0 Å². The zero-order valence-electron chi connectivity index (χ0n) is 8.02. The first kappa shape index (κ1) is 10.1. The minimum atomic E-state index is -0.0564. The molecular formula is C10H16N2O. The summed E-state index contributed by atoms with van der Waals surface area (Å²) in [6.07, 6.45) is 7.19. The molecule has 1 aliphatic rings. The standard InChI is InChI=1S/C10H16N2O/c1-3-4-9(13)12-10(2)5-7-11-8-6-10/h1,11H,4-8H2,2H3,(H,12,13). The molecule has 0 bridgehead atoms. The van der Waals surface area contributed by atoms with Gasteiger partial charge in [0.2, 0.25) is 5.91 Å². The molecule has 0 saturated carbocycles. The van der Waals surface area contributed by atoms with Gasteiger partial charge in [-0.2, -0.15) is 0 Å². The normalized spacial score (nSPS) is 20.3. The van der Waals surface area contributed by atoms with Crippen LogP contribution in [0.4, 0.5) is 0 Å². The second-order valence-corrected chi connectivity index (χ2v) is 3.74. The molecule has 1 rings (SSSR count). The van der Waals surface area contributed by atoms with E-state index in [4.69, 9.17) is 6.42 Å². The number of piperidine rings is 1. The average Bonchev–Trinajstić information content (AvgIpc) is 2.04. The van der Waals surface area contributed by atoms with Gasteiger partial charge in [-0.1, -0.05) is 5.92 Å². The van der Waals surface area contributed by atoms with Crippen LogP contribution in [0.1, 0.15) is 26.2 Å². The number of carbonyl (C=O) groups is 1. The van der Waals surface area contributed by atoms with Gasteiger partial charge in [-0.15, -0.1) is 6.42 Å². The van der Waals surface area contributed by atoms with Crippen molar-refractivity contribution in [1.82, 2.24) is 10.6 Å². The van der Waals surface area contributed by atoms with Crippen molar-refractivity contribution in [2.24, 2.45) is 0 Å². The summed E-state index contributed by atoms with van der Waals surface area (Å²) in [4.78, 5) is 11.2. The van der Waals surface area contributed by atoms with Crippen LogP contribution in [0.15, 0.2) is 0 Å². The van der Waals surface area contributed by atoms with Gasteiger partial charge in [0.05, 0.1) is 6.42 Å². The van der Waals surface area contributed by atoms with Crippen LogP contribution in [0.3, 0.4) is 0 Å². The summed E-state index contributed by atoms with van der Waals surface area (Å²) in [6.45, 7) is 4.00. The maximum Gasteiger partial charge on any atom is 0.232 e. The van der Waals surface area contributed by atoms with Crippen LogP contribution in [0.5, 0.6) is 0 Å². The summed E-state index contributed by atoms with van der Waals surface area (Å²) >= 11 is 0. The minimum Gasteiger partial charge on any atom is -0.350 e. The molecule has 1 aliphatic heterocycles. The first-order valence-corrected chi connectivity index (χ1v) is 4.61. The molecular weight excluding hydrogens is 164 g/mol. The molecule has 3 heteroatoms. The van der Waals surface area contributed by atoms with E-state index in [1.807, 2.05) is 0 Å². The van der Waals surface area contributed by atoms with Crippen LogP contribution >= 0.6 is 0 Å². The van der Waals surface area contributed by atoms with E-state index in [0.717, 1.165) is 25.9 Å². The highest BCUT2D eigenvalue weighted by Crippen LogP contribution is 2.16. The van der Waals surface area contributed by atoms with Crippen LogP contribution in [0, 0.1) is 12.3 Å². The number of hydrogen-bond donors (Lipinski definition) is 2. The number of hydrogen-bond acceptors (Lipinski definition) is 2. The van der Waals surface area contributed by atoms with Crippen molar-refractivity contribution in [3.63, 3.8) is 0 Å². The molecule has 0 unspecified atom stereocenters. The largest absolute Gasteiger partial charge is 0.350 e. The summed E-state index contributed by atoms with van der Waals surface area (Å²) in [5.41, 5.74) is -0.0564. The van der Waals surface area contributed by atoms with Gasteiger partial charge in [0.1, 0.15) is 0 Å². The maximum absolute atomic E-state index is 11.2. The summed E-state index contributed by atoms with van der Waals surface area (Å²) in [7, 11) is 0. The summed E-state index contributed by atoms with van der Waals surface area (Å²) in [5, 5.41) is 6.23. The monoisotopic (exact) mass is 180 g/mol. The van der Waals surface area contributed by atoms with Gasteiger partial charge in [-0.25, -0.2) is 0 Å². The van der Waals surface area contributed by atoms with Gasteiger partial charge in [0.25, 0.3) is 0 Å². The van der Waals surface area contributed by atoms with Crippen LogP contribution in [0.2, 0.25) is 0 Å². The van der Waals surface area contributed by atoms with Crippen molar-refractivity contribution < 1.29 is 4.79 Å². The van der Waals surface area contributed by atoms with Gasteiger partial charge in [0.15, 0.2) is 0 Å². The Balaban J connectivity index is 2.41. The highest BCUT2D eigenvalue weighted by molar-refractivity contribution is 5.79. The van der Waals surface area contributed by atoms with Crippen molar-refractivity contribution in [1.29, 1.82) is 0 Å². The molecule has 0 aromatic rings. The number of amides is 1. The molecule has 1 saturated heterocycles. The molecule has 0 aromatic heterocycles. The van der Waals surface area contributed by atoms with Gasteiger partial charge >= 0.3 is 0 Å². The number of nitrogens with one attached hydrogen (secondary N) is 2. The fourth-order valence-electron chi connectivity index (χ4n) is 1.58. The fraction of sp³-hybridized carbons (Fsp3) is 0.700. The van der Waals surface area contributed by atoms with Crippen molar-refractivity contribution in [2.75, 3.05) is 13.1 Å². The highest BCUT2D eigenvalue weighted by atomic mass is 16.1. The minimum absolute atomic E-state index is 0.0353. The van der Waals surface area contributed by atoms with Crippen LogP contribution in [-0.2, 0) is 4.79 Å². The molecule has 0 spiro atoms. The Bertz CT molecular complexity index is 224. The molecule has 1 fully saturated rings. The average molecular weight is 180 g/mol.